The molecule has 2 heterocycles. The van der Waals surface area contributed by atoms with Crippen LogP contribution in [0.2, 0.25) is 0 Å². The zero-order valence-electron chi connectivity index (χ0n) is 20.7. The molecule has 2 aliphatic heterocycles. The van der Waals surface area contributed by atoms with Crippen molar-refractivity contribution in [3.05, 3.63) is 0 Å². The minimum atomic E-state index is -1.67. The number of nitrogens with zero attached hydrogens (tertiary/aromatic N) is 1. The van der Waals surface area contributed by atoms with E-state index in [9.17, 15) is 40.2 Å². The number of aliphatic hydroxyl groups is 8. The number of nitrogens with one attached hydrogen (secondary N) is 3. The second-order valence-electron chi connectivity index (χ2n) is 8.97. The predicted molar refractivity (Wildman–Crippen MR) is 135 cm³/mol. The Morgan fingerprint density at radius 3 is 1.74 bits per heavy atom. The Bertz CT molecular complexity index is 767. The maximum atomic E-state index is 12.6. The van der Waals surface area contributed by atoms with E-state index in [-0.39, 0.29) is 51.4 Å². The zero-order chi connectivity index (χ0) is 28.6. The summed E-state index contributed by atoms with van der Waals surface area (Å²) in [5.74, 6) is -1.14. The molecule has 0 aliphatic carbocycles. The van der Waals surface area contributed by atoms with Gasteiger partial charge in [0.1, 0.15) is 48.7 Å². The summed E-state index contributed by atoms with van der Waals surface area (Å²) in [6, 6.07) is -3.59. The molecule has 225 valence electrons. The van der Waals surface area contributed by atoms with Crippen LogP contribution >= 0.6 is 25.3 Å². The van der Waals surface area contributed by atoms with Crippen molar-refractivity contribution in [1.29, 1.82) is 0 Å². The van der Waals surface area contributed by atoms with Gasteiger partial charge in [-0.1, -0.05) is 0 Å². The molecule has 0 bridgehead atoms. The second kappa shape index (κ2) is 17.7. The molecule has 1 unspecified atom stereocenters. The number of carbonyl (C=O) groups is 2. The normalized spacial score (nSPS) is 35.7. The van der Waals surface area contributed by atoms with E-state index in [2.05, 4.69) is 41.2 Å². The summed E-state index contributed by atoms with van der Waals surface area (Å²) in [6.45, 7) is -1.12. The molecule has 0 aromatic rings. The molecule has 2 saturated heterocycles. The molecule has 2 aliphatic rings. The van der Waals surface area contributed by atoms with Gasteiger partial charge >= 0.3 is 20.1 Å². The van der Waals surface area contributed by atoms with Crippen molar-refractivity contribution in [2.45, 2.75) is 67.3 Å². The van der Waals surface area contributed by atoms with Gasteiger partial charge in [0, 0.05) is 24.7 Å². The first-order valence-electron chi connectivity index (χ1n) is 11.9. The summed E-state index contributed by atoms with van der Waals surface area (Å²) < 4.78 is 10.0. The van der Waals surface area contributed by atoms with Crippen LogP contribution in [-0.2, 0) is 39.2 Å². The third-order valence-corrected chi connectivity index (χ3v) is 7.09. The number of amides is 2. The number of hydrogen-bond donors (Lipinski definition) is 13. The molecule has 16 nitrogen and oxygen atoms in total. The van der Waals surface area contributed by atoms with E-state index in [0.29, 0.717) is 0 Å². The van der Waals surface area contributed by atoms with Gasteiger partial charge in [0.25, 0.3) is 0 Å². The Hall–Kier alpha value is -0.191. The number of ether oxygens (including phenoxy) is 2. The third-order valence-electron chi connectivity index (χ3n) is 6.32. The average Bonchev–Trinajstić information content (AvgIpc) is 2.90. The number of thiol groups is 2. The monoisotopic (exact) mass is 689 g/mol. The van der Waals surface area contributed by atoms with Crippen LogP contribution in [-0.4, -0.2) is 169 Å². The van der Waals surface area contributed by atoms with Crippen LogP contribution in [0.1, 0.15) is 0 Å². The quantitative estimate of drug-likeness (QED) is 0.0634. The molecule has 2 amide bonds. The average molecular weight is 690 g/mol. The zero-order valence-corrected chi connectivity index (χ0v) is 24.4. The third kappa shape index (κ3) is 9.95. The molecule has 11 N–H and O–H groups in total. The molecule has 0 aromatic carbocycles. The Balaban J connectivity index is 0.00000760. The van der Waals surface area contributed by atoms with E-state index in [1.54, 1.807) is 4.90 Å². The minimum Gasteiger partial charge on any atom is -0.394 e. The molecule has 0 saturated carbocycles. The number of hydrogen-bond acceptors (Lipinski definition) is 16. The Morgan fingerprint density at radius 2 is 1.31 bits per heavy atom. The molecular weight excluding hydrogens is 651 g/mol. The summed E-state index contributed by atoms with van der Waals surface area (Å²) >= 11 is 8.30. The van der Waals surface area contributed by atoms with Crippen LogP contribution in [0.15, 0.2) is 0 Å². The molecule has 19 heteroatoms. The Labute approximate surface area is 249 Å². The van der Waals surface area contributed by atoms with E-state index in [0.717, 1.165) is 0 Å². The summed E-state index contributed by atoms with van der Waals surface area (Å²) in [6.07, 6.45) is -12.0. The van der Waals surface area contributed by atoms with Crippen molar-refractivity contribution < 1.29 is 80.0 Å². The van der Waals surface area contributed by atoms with Crippen LogP contribution in [0, 0.1) is 0 Å². The maximum Gasteiger partial charge on any atom is 4.00 e. The van der Waals surface area contributed by atoms with E-state index in [1.807, 2.05) is 0 Å². The van der Waals surface area contributed by atoms with Crippen LogP contribution in [0.25, 0.3) is 0 Å². The largest absolute Gasteiger partial charge is 4.00 e. The summed E-state index contributed by atoms with van der Waals surface area (Å²) in [4.78, 5) is 26.7. The van der Waals surface area contributed by atoms with Gasteiger partial charge in [-0.15, -0.1) is 0 Å². The minimum absolute atomic E-state index is 0. The first kappa shape index (κ1) is 36.8. The van der Waals surface area contributed by atoms with Gasteiger partial charge in [-0.05, 0) is 0 Å². The molecule has 39 heavy (non-hydrogen) atoms. The number of rotatable bonds is 13. The van der Waals surface area contributed by atoms with E-state index < -0.39 is 92.4 Å². The van der Waals surface area contributed by atoms with Crippen LogP contribution in [0.3, 0.4) is 0 Å². The molecule has 2 fully saturated rings. The van der Waals surface area contributed by atoms with Gasteiger partial charge in [0.15, 0.2) is 12.6 Å². The number of aliphatic hydroxyl groups excluding tert-OH is 8. The maximum absolute atomic E-state index is 12.6. The van der Waals surface area contributed by atoms with Gasteiger partial charge in [-0.2, -0.15) is 25.3 Å². The standard InChI is InChI=1S/C20H38N4O12S2.Tc/c25-4-9-14(28)16(30)12(19(33)35-9)22-11(27)3-24(7-38)2-1-21-8(6-37)18(32)23-13-17(31)15(29)10(5-26)36-20(13)34;/h8-10,12-17,19-21,25-26,28-31,33-34,37-38H,1-7H2,(H,22,27)(H,23,32);/q;+4/t8?,9-,10+,12-,13+,14-,15+,16-,17+,19-,20+;/m0./s1/i;1+1. The van der Waals surface area contributed by atoms with Gasteiger partial charge in [-0.3, -0.25) is 14.5 Å². The summed E-state index contributed by atoms with van der Waals surface area (Å²) in [7, 11) is 0. The molecule has 0 spiro atoms. The van der Waals surface area contributed by atoms with Crippen LogP contribution in [0.5, 0.6) is 0 Å². The van der Waals surface area contributed by atoms with Crippen molar-refractivity contribution >= 4 is 37.1 Å². The Morgan fingerprint density at radius 1 is 0.821 bits per heavy atom. The van der Waals surface area contributed by atoms with Crippen molar-refractivity contribution in [3.8, 4) is 0 Å². The van der Waals surface area contributed by atoms with Gasteiger partial charge in [-0.25, -0.2) is 0 Å². The second-order valence-corrected chi connectivity index (χ2v) is 9.62. The molecule has 1 radical (unpaired) electrons. The van der Waals surface area contributed by atoms with Crippen molar-refractivity contribution in [1.82, 2.24) is 20.9 Å². The van der Waals surface area contributed by atoms with Gasteiger partial charge in [0.05, 0.1) is 25.8 Å². The first-order chi connectivity index (χ1) is 18.0. The van der Waals surface area contributed by atoms with Crippen molar-refractivity contribution in [2.75, 3.05) is 44.5 Å². The fourth-order valence-corrected chi connectivity index (χ4v) is 4.58. The van der Waals surface area contributed by atoms with E-state index in [4.69, 9.17) is 19.7 Å². The van der Waals surface area contributed by atoms with Gasteiger partial charge < -0.3 is 66.3 Å². The van der Waals surface area contributed by atoms with Crippen LogP contribution in [0.4, 0.5) is 0 Å². The molecule has 2 rings (SSSR count). The molecular formula is C20H38N4O12S2Tc+4. The SMILES string of the molecule is O=C(CN(CS)CCNC(CS)C(=O)N[C@@H]1[C@@H](O)[C@H](O)[C@@H](CO)O[C@H]1O)N[C@H]1[C@H](O)[C@@H](O)[C@H](CO)O[C@@H]1O.[99Tc+4]. The van der Waals surface area contributed by atoms with E-state index >= 15 is 0 Å². The first-order valence-corrected chi connectivity index (χ1v) is 13.1. The van der Waals surface area contributed by atoms with Crippen molar-refractivity contribution in [3.63, 3.8) is 0 Å². The van der Waals surface area contributed by atoms with Gasteiger partial charge in [0.2, 0.25) is 11.8 Å². The molecule has 0 aromatic heterocycles. The van der Waals surface area contributed by atoms with E-state index in [1.165, 1.54) is 0 Å². The Kier molecular flexibility index (Phi) is 16.7. The fraction of sp³-hybridized carbons (Fsp3) is 0.900. The smallest absolute Gasteiger partial charge is 0.394 e. The predicted octanol–water partition coefficient (Wildman–Crippen LogP) is -7.11. The van der Waals surface area contributed by atoms with Crippen molar-refractivity contribution in [2.24, 2.45) is 0 Å². The summed E-state index contributed by atoms with van der Waals surface area (Å²) in [5, 5.41) is 86.3. The van der Waals surface area contributed by atoms with Crippen LogP contribution < -0.4 is 16.0 Å². The number of carbonyl (C=O) groups excluding carboxylic acids is 2. The molecule has 11 atom stereocenters. The summed E-state index contributed by atoms with van der Waals surface area (Å²) in [5.41, 5.74) is 0. The topological polar surface area (TPSA) is 254 Å². The fourth-order valence-electron chi connectivity index (χ4n) is 4.04.